The van der Waals surface area contributed by atoms with Gasteiger partial charge in [0.25, 0.3) is 0 Å². The Balaban J connectivity index is 3.51. The predicted octanol–water partition coefficient (Wildman–Crippen LogP) is 11.0. The minimum Gasteiger partial charge on any atom is -0.394 e. The van der Waals surface area contributed by atoms with E-state index >= 15 is 0 Å². The van der Waals surface area contributed by atoms with E-state index < -0.39 is 12.1 Å². The van der Waals surface area contributed by atoms with Crippen molar-refractivity contribution in [3.63, 3.8) is 0 Å². The van der Waals surface area contributed by atoms with Crippen molar-refractivity contribution in [1.29, 1.82) is 0 Å². The first-order chi connectivity index (χ1) is 20.2. The van der Waals surface area contributed by atoms with Crippen LogP contribution in [-0.4, -0.2) is 34.9 Å². The van der Waals surface area contributed by atoms with Crippen LogP contribution in [0.5, 0.6) is 0 Å². The first-order valence-electron chi connectivity index (χ1n) is 18.7. The van der Waals surface area contributed by atoms with Gasteiger partial charge in [0.15, 0.2) is 0 Å². The van der Waals surface area contributed by atoms with Gasteiger partial charge in [-0.1, -0.05) is 194 Å². The molecule has 0 rings (SSSR count). The molecule has 0 saturated carbocycles. The van der Waals surface area contributed by atoms with Crippen molar-refractivity contribution in [2.24, 2.45) is 0 Å². The second-order valence-corrected chi connectivity index (χ2v) is 13.0. The van der Waals surface area contributed by atoms with E-state index in [0.29, 0.717) is 12.8 Å². The van der Waals surface area contributed by atoms with E-state index in [4.69, 9.17) is 0 Å². The highest BCUT2D eigenvalue weighted by molar-refractivity contribution is 5.76. The number of nitrogens with one attached hydrogen (secondary N) is 1. The zero-order chi connectivity index (χ0) is 30.1. The van der Waals surface area contributed by atoms with Gasteiger partial charge in [-0.05, 0) is 12.8 Å². The van der Waals surface area contributed by atoms with E-state index in [1.54, 1.807) is 0 Å². The van der Waals surface area contributed by atoms with Crippen LogP contribution in [0.3, 0.4) is 0 Å². The van der Waals surface area contributed by atoms with Crippen molar-refractivity contribution in [2.45, 2.75) is 225 Å². The molecule has 0 unspecified atom stereocenters. The highest BCUT2D eigenvalue weighted by Crippen LogP contribution is 2.16. The molecule has 2 atom stereocenters. The molecule has 1 amide bonds. The Morgan fingerprint density at radius 2 is 0.780 bits per heavy atom. The molecule has 0 heterocycles. The average Bonchev–Trinajstić information content (AvgIpc) is 2.97. The van der Waals surface area contributed by atoms with Crippen molar-refractivity contribution >= 4 is 5.91 Å². The maximum atomic E-state index is 12.3. The number of rotatable bonds is 34. The van der Waals surface area contributed by atoms with E-state index in [1.807, 2.05) is 0 Å². The molecule has 0 radical (unpaired) electrons. The van der Waals surface area contributed by atoms with Gasteiger partial charge in [-0.3, -0.25) is 4.79 Å². The van der Waals surface area contributed by atoms with Crippen LogP contribution >= 0.6 is 0 Å². The number of unbranched alkanes of at least 4 members (excludes halogenated alkanes) is 27. The molecule has 41 heavy (non-hydrogen) atoms. The van der Waals surface area contributed by atoms with Crippen LogP contribution in [0.1, 0.15) is 213 Å². The average molecular weight is 582 g/mol. The summed E-state index contributed by atoms with van der Waals surface area (Å²) in [5.41, 5.74) is 0. The number of amides is 1. The van der Waals surface area contributed by atoms with Crippen LogP contribution in [-0.2, 0) is 4.79 Å². The first kappa shape index (κ1) is 40.4. The molecule has 0 fully saturated rings. The zero-order valence-corrected chi connectivity index (χ0v) is 28.1. The van der Waals surface area contributed by atoms with E-state index in [1.165, 1.54) is 161 Å². The predicted molar refractivity (Wildman–Crippen MR) is 179 cm³/mol. The highest BCUT2D eigenvalue weighted by atomic mass is 16.3. The molecule has 4 heteroatoms. The summed E-state index contributed by atoms with van der Waals surface area (Å²) in [6, 6.07) is -0.527. The van der Waals surface area contributed by atoms with Gasteiger partial charge in [0.1, 0.15) is 0 Å². The van der Waals surface area contributed by atoms with Gasteiger partial charge in [-0.2, -0.15) is 0 Å². The van der Waals surface area contributed by atoms with E-state index in [-0.39, 0.29) is 12.5 Å². The van der Waals surface area contributed by atoms with Crippen molar-refractivity contribution in [2.75, 3.05) is 6.61 Å². The summed E-state index contributed by atoms with van der Waals surface area (Å²) in [5, 5.41) is 23.0. The van der Waals surface area contributed by atoms with Crippen LogP contribution in [0.2, 0.25) is 0 Å². The van der Waals surface area contributed by atoms with Gasteiger partial charge in [0.2, 0.25) is 5.91 Å². The minimum absolute atomic E-state index is 0.0300. The largest absolute Gasteiger partial charge is 0.394 e. The fraction of sp³-hybridized carbons (Fsp3) is 0.973. The summed E-state index contributed by atoms with van der Waals surface area (Å²) in [7, 11) is 0. The van der Waals surface area contributed by atoms with Crippen LogP contribution in [0, 0.1) is 0 Å². The lowest BCUT2D eigenvalue weighted by Crippen LogP contribution is -2.45. The third kappa shape index (κ3) is 30.6. The number of aliphatic hydroxyl groups excluding tert-OH is 2. The Kier molecular flexibility index (Phi) is 33.4. The summed E-state index contributed by atoms with van der Waals surface area (Å²) in [4.78, 5) is 12.3. The number of hydrogen-bond donors (Lipinski definition) is 3. The van der Waals surface area contributed by atoms with Crippen LogP contribution in [0.4, 0.5) is 0 Å². The lowest BCUT2D eigenvalue weighted by Gasteiger charge is -2.22. The fourth-order valence-corrected chi connectivity index (χ4v) is 5.95. The van der Waals surface area contributed by atoms with Gasteiger partial charge in [-0.15, -0.1) is 0 Å². The molecule has 4 nitrogen and oxygen atoms in total. The van der Waals surface area contributed by atoms with Gasteiger partial charge in [0, 0.05) is 6.42 Å². The maximum Gasteiger partial charge on any atom is 0.220 e. The fourth-order valence-electron chi connectivity index (χ4n) is 5.95. The molecule has 0 aliphatic rings. The lowest BCUT2D eigenvalue weighted by molar-refractivity contribution is -0.123. The Hall–Kier alpha value is -0.610. The van der Waals surface area contributed by atoms with Crippen molar-refractivity contribution < 1.29 is 15.0 Å². The monoisotopic (exact) mass is 582 g/mol. The minimum atomic E-state index is -0.651. The Morgan fingerprint density at radius 1 is 0.488 bits per heavy atom. The van der Waals surface area contributed by atoms with Crippen LogP contribution in [0.15, 0.2) is 0 Å². The second kappa shape index (κ2) is 33.9. The Morgan fingerprint density at radius 3 is 1.10 bits per heavy atom. The lowest BCUT2D eigenvalue weighted by atomic mass is 10.0. The first-order valence-corrected chi connectivity index (χ1v) is 18.7. The maximum absolute atomic E-state index is 12.3. The molecule has 0 aromatic heterocycles. The Bertz CT molecular complexity index is 512. The molecular formula is C37H75NO3. The van der Waals surface area contributed by atoms with Gasteiger partial charge >= 0.3 is 0 Å². The van der Waals surface area contributed by atoms with Crippen LogP contribution < -0.4 is 5.32 Å². The molecule has 0 spiro atoms. The number of carbonyl (C=O) groups excluding carboxylic acids is 1. The molecule has 0 aliphatic heterocycles. The number of aliphatic hydroxyl groups is 2. The number of carbonyl (C=O) groups is 1. The van der Waals surface area contributed by atoms with Crippen molar-refractivity contribution in [3.05, 3.63) is 0 Å². The van der Waals surface area contributed by atoms with E-state index in [0.717, 1.165) is 25.7 Å². The third-order valence-electron chi connectivity index (χ3n) is 8.87. The van der Waals surface area contributed by atoms with E-state index in [2.05, 4.69) is 19.2 Å². The summed E-state index contributed by atoms with van der Waals surface area (Å²) in [5.74, 6) is -0.0300. The quantitative estimate of drug-likeness (QED) is 0.0662. The highest BCUT2D eigenvalue weighted by Gasteiger charge is 2.19. The van der Waals surface area contributed by atoms with E-state index in [9.17, 15) is 15.0 Å². The smallest absolute Gasteiger partial charge is 0.220 e. The molecule has 3 N–H and O–H groups in total. The molecule has 246 valence electrons. The van der Waals surface area contributed by atoms with Crippen molar-refractivity contribution in [3.8, 4) is 0 Å². The standard InChI is InChI=1S/C37H75NO3/c1-3-5-7-9-11-13-15-17-18-19-20-21-22-24-26-28-30-32-36(40)35(34-39)38-37(41)33-31-29-27-25-23-16-14-12-10-8-6-4-2/h35-36,39-40H,3-34H2,1-2H3,(H,38,41)/t35-,36+/m0/s1. The summed E-state index contributed by atoms with van der Waals surface area (Å²) in [6.07, 6.45) is 38.7. The van der Waals surface area contributed by atoms with Gasteiger partial charge < -0.3 is 15.5 Å². The molecule has 0 aromatic rings. The normalized spacial score (nSPS) is 13.0. The summed E-state index contributed by atoms with van der Waals surface area (Å²) >= 11 is 0. The zero-order valence-electron chi connectivity index (χ0n) is 28.1. The second-order valence-electron chi connectivity index (χ2n) is 13.0. The number of hydrogen-bond acceptors (Lipinski definition) is 3. The van der Waals surface area contributed by atoms with Gasteiger partial charge in [0.05, 0.1) is 18.8 Å². The third-order valence-corrected chi connectivity index (χ3v) is 8.87. The van der Waals surface area contributed by atoms with Crippen molar-refractivity contribution in [1.82, 2.24) is 5.32 Å². The molecule has 0 bridgehead atoms. The summed E-state index contributed by atoms with van der Waals surface area (Å²) in [6.45, 7) is 4.36. The topological polar surface area (TPSA) is 69.6 Å². The Labute approximate surface area is 257 Å². The molecular weight excluding hydrogens is 506 g/mol. The summed E-state index contributed by atoms with van der Waals surface area (Å²) < 4.78 is 0. The molecule has 0 saturated heterocycles. The van der Waals surface area contributed by atoms with Gasteiger partial charge in [-0.25, -0.2) is 0 Å². The molecule has 0 aromatic carbocycles. The SMILES string of the molecule is CCCCCCCCCCCCCCCCCCC[C@@H](O)[C@H](CO)NC(=O)CCCCCCCCCCCCCC. The van der Waals surface area contributed by atoms with Crippen LogP contribution in [0.25, 0.3) is 0 Å². The molecule has 0 aliphatic carbocycles.